The van der Waals surface area contributed by atoms with Crippen LogP contribution in [0.2, 0.25) is 0 Å². The lowest BCUT2D eigenvalue weighted by molar-refractivity contribution is -0.126. The molecule has 0 saturated carbocycles. The third-order valence-corrected chi connectivity index (χ3v) is 6.56. The van der Waals surface area contributed by atoms with E-state index in [2.05, 4.69) is 15.5 Å². The van der Waals surface area contributed by atoms with Crippen molar-refractivity contribution >= 4 is 17.5 Å². The van der Waals surface area contributed by atoms with E-state index in [0.29, 0.717) is 12.1 Å². The Morgan fingerprint density at radius 2 is 1.63 bits per heavy atom. The molecule has 0 spiro atoms. The Bertz CT molecular complexity index is 987. The van der Waals surface area contributed by atoms with Crippen LogP contribution in [0.5, 0.6) is 0 Å². The third kappa shape index (κ3) is 7.49. The highest BCUT2D eigenvalue weighted by molar-refractivity contribution is 5.91. The quantitative estimate of drug-likeness (QED) is 0.482. The Labute approximate surface area is 207 Å². The predicted molar refractivity (Wildman–Crippen MR) is 137 cm³/mol. The van der Waals surface area contributed by atoms with Gasteiger partial charge in [-0.2, -0.15) is 0 Å². The summed E-state index contributed by atoms with van der Waals surface area (Å²) in [5.74, 6) is -0.227. The number of aliphatic hydroxyl groups is 1. The first-order valence-electron chi connectivity index (χ1n) is 12.5. The number of nitrogens with zero attached hydrogens (tertiary/aromatic N) is 1. The lowest BCUT2D eigenvalue weighted by Gasteiger charge is -2.32. The first kappa shape index (κ1) is 25.1. The highest BCUT2D eigenvalue weighted by atomic mass is 16.5. The summed E-state index contributed by atoms with van der Waals surface area (Å²) in [5.41, 5.74) is 2.92. The molecule has 2 aliphatic heterocycles. The second kappa shape index (κ2) is 12.6. The molecular formula is C28H35N3O4. The molecule has 0 bridgehead atoms. The highest BCUT2D eigenvalue weighted by Gasteiger charge is 2.29. The molecule has 186 valence electrons. The molecule has 7 heteroatoms. The number of anilines is 1. The van der Waals surface area contributed by atoms with Crippen LogP contribution in [-0.2, 0) is 14.3 Å². The van der Waals surface area contributed by atoms with Gasteiger partial charge in [0.25, 0.3) is 0 Å². The number of carbonyl (C=O) groups excluding carboxylic acids is 2. The minimum Gasteiger partial charge on any atom is -0.394 e. The largest absolute Gasteiger partial charge is 0.394 e. The smallest absolute Gasteiger partial charge is 0.227 e. The van der Waals surface area contributed by atoms with E-state index in [-0.39, 0.29) is 24.8 Å². The Morgan fingerprint density at radius 3 is 2.34 bits per heavy atom. The number of carbonyl (C=O) groups is 2. The highest BCUT2D eigenvalue weighted by Crippen LogP contribution is 2.22. The fraction of sp³-hybridized carbons (Fsp3) is 0.429. The Kier molecular flexibility index (Phi) is 9.06. The van der Waals surface area contributed by atoms with Gasteiger partial charge in [0.1, 0.15) is 6.10 Å². The monoisotopic (exact) mass is 477 g/mol. The van der Waals surface area contributed by atoms with Gasteiger partial charge in [0, 0.05) is 18.7 Å². The third-order valence-electron chi connectivity index (χ3n) is 6.56. The summed E-state index contributed by atoms with van der Waals surface area (Å²) in [6.07, 6.45) is 6.79. The number of hydrogen-bond donors (Lipinski definition) is 3. The van der Waals surface area contributed by atoms with Crippen LogP contribution in [0, 0.1) is 0 Å². The second-order valence-corrected chi connectivity index (χ2v) is 9.22. The molecule has 3 N–H and O–H groups in total. The lowest BCUT2D eigenvalue weighted by atomic mass is 10.0. The van der Waals surface area contributed by atoms with Crippen LogP contribution in [0.15, 0.2) is 66.7 Å². The van der Waals surface area contributed by atoms with Crippen molar-refractivity contribution in [1.29, 1.82) is 0 Å². The summed E-state index contributed by atoms with van der Waals surface area (Å²) in [6, 6.07) is 17.4. The van der Waals surface area contributed by atoms with E-state index >= 15 is 0 Å². The van der Waals surface area contributed by atoms with Gasteiger partial charge in [-0.1, -0.05) is 61.0 Å². The molecule has 4 rings (SSSR count). The number of piperidine rings is 1. The van der Waals surface area contributed by atoms with Crippen LogP contribution in [0.25, 0.3) is 11.1 Å². The van der Waals surface area contributed by atoms with Gasteiger partial charge in [-0.25, -0.2) is 0 Å². The molecule has 3 atom stereocenters. The molecule has 0 aromatic heterocycles. The molecule has 2 aliphatic rings. The van der Waals surface area contributed by atoms with Crippen LogP contribution >= 0.6 is 0 Å². The molecule has 2 aromatic carbocycles. The molecule has 0 unspecified atom stereocenters. The molecule has 2 heterocycles. The number of benzene rings is 2. The van der Waals surface area contributed by atoms with E-state index in [1.807, 2.05) is 60.7 Å². The van der Waals surface area contributed by atoms with Crippen LogP contribution in [0.4, 0.5) is 5.69 Å². The minimum atomic E-state index is -0.582. The van der Waals surface area contributed by atoms with Gasteiger partial charge >= 0.3 is 0 Å². The first-order valence-corrected chi connectivity index (χ1v) is 12.5. The maximum absolute atomic E-state index is 12.6. The summed E-state index contributed by atoms with van der Waals surface area (Å²) in [6.45, 7) is 2.63. The number of ether oxygens (including phenoxy) is 1. The average Bonchev–Trinajstić information content (AvgIpc) is 2.90. The van der Waals surface area contributed by atoms with E-state index in [4.69, 9.17) is 4.74 Å². The fourth-order valence-corrected chi connectivity index (χ4v) is 4.61. The Balaban J connectivity index is 1.24. The molecule has 0 aliphatic carbocycles. The van der Waals surface area contributed by atoms with Gasteiger partial charge in [0.15, 0.2) is 0 Å². The number of aliphatic hydroxyl groups excluding tert-OH is 1. The maximum atomic E-state index is 12.6. The molecule has 2 aromatic rings. The van der Waals surface area contributed by atoms with E-state index in [1.165, 1.54) is 19.3 Å². The predicted octanol–water partition coefficient (Wildman–Crippen LogP) is 3.36. The molecule has 1 saturated heterocycles. The van der Waals surface area contributed by atoms with Gasteiger partial charge in [-0.05, 0) is 49.2 Å². The van der Waals surface area contributed by atoms with E-state index in [0.717, 1.165) is 30.8 Å². The van der Waals surface area contributed by atoms with E-state index < -0.39 is 18.2 Å². The van der Waals surface area contributed by atoms with Crippen molar-refractivity contribution in [3.63, 3.8) is 0 Å². The Morgan fingerprint density at radius 1 is 0.914 bits per heavy atom. The van der Waals surface area contributed by atoms with Crippen LogP contribution < -0.4 is 10.6 Å². The molecule has 0 radical (unpaired) electrons. The van der Waals surface area contributed by atoms with Crippen LogP contribution in [0.3, 0.4) is 0 Å². The van der Waals surface area contributed by atoms with Crippen molar-refractivity contribution in [2.75, 3.05) is 31.6 Å². The zero-order valence-corrected chi connectivity index (χ0v) is 20.1. The summed E-state index contributed by atoms with van der Waals surface area (Å²) in [4.78, 5) is 27.3. The molecule has 35 heavy (non-hydrogen) atoms. The number of likely N-dealkylation sites (tertiary alicyclic amines) is 1. The van der Waals surface area contributed by atoms with Gasteiger partial charge in [0.2, 0.25) is 11.8 Å². The minimum absolute atomic E-state index is 0.0533. The lowest BCUT2D eigenvalue weighted by Crippen LogP contribution is -2.49. The number of amides is 2. The van der Waals surface area contributed by atoms with Crippen LogP contribution in [0.1, 0.15) is 32.1 Å². The standard InChI is InChI=1S/C28H35N3O4/c32-20-26-25(30-27(33)15-18-31-16-5-2-6-17-31)14-13-24(35-26)19-28(34)29-23-11-9-22(10-12-23)21-7-3-1-4-8-21/h1,3-4,7-14,24-26,32H,2,5-6,15-20H2,(H,29,34)(H,30,33)/t24-,25-,26+/m1/s1. The Hall–Kier alpha value is -3.00. The van der Waals surface area contributed by atoms with Gasteiger partial charge in [-0.15, -0.1) is 0 Å². The zero-order chi connectivity index (χ0) is 24.5. The summed E-state index contributed by atoms with van der Waals surface area (Å²) >= 11 is 0. The molecule has 2 amide bonds. The number of hydrogen-bond acceptors (Lipinski definition) is 5. The van der Waals surface area contributed by atoms with E-state index in [9.17, 15) is 14.7 Å². The van der Waals surface area contributed by atoms with E-state index in [1.54, 1.807) is 6.08 Å². The van der Waals surface area contributed by atoms with Crippen molar-refractivity contribution in [2.24, 2.45) is 0 Å². The second-order valence-electron chi connectivity index (χ2n) is 9.22. The SMILES string of the molecule is O=C(C[C@H]1C=C[C@@H](NC(=O)CCN2CCCCC2)[C@H](CO)O1)Nc1ccc(-c2ccccc2)cc1. The summed E-state index contributed by atoms with van der Waals surface area (Å²) < 4.78 is 5.91. The zero-order valence-electron chi connectivity index (χ0n) is 20.1. The van der Waals surface area contributed by atoms with Gasteiger partial charge < -0.3 is 25.4 Å². The summed E-state index contributed by atoms with van der Waals surface area (Å²) in [7, 11) is 0. The van der Waals surface area contributed by atoms with Crippen LogP contribution in [-0.4, -0.2) is 66.3 Å². The first-order chi connectivity index (χ1) is 17.1. The maximum Gasteiger partial charge on any atom is 0.227 e. The van der Waals surface area contributed by atoms with Crippen molar-refractivity contribution in [2.45, 2.75) is 50.4 Å². The summed E-state index contributed by atoms with van der Waals surface area (Å²) in [5, 5.41) is 15.7. The van der Waals surface area contributed by atoms with Crippen molar-refractivity contribution in [3.05, 3.63) is 66.7 Å². The molecular weight excluding hydrogens is 442 g/mol. The van der Waals surface area contributed by atoms with Crippen molar-refractivity contribution in [1.82, 2.24) is 10.2 Å². The van der Waals surface area contributed by atoms with Crippen molar-refractivity contribution in [3.8, 4) is 11.1 Å². The van der Waals surface area contributed by atoms with Gasteiger partial charge in [0.05, 0.1) is 25.2 Å². The number of nitrogens with one attached hydrogen (secondary N) is 2. The molecule has 1 fully saturated rings. The normalized spacial score (nSPS) is 22.5. The number of rotatable bonds is 9. The average molecular weight is 478 g/mol. The fourth-order valence-electron chi connectivity index (χ4n) is 4.61. The van der Waals surface area contributed by atoms with Crippen molar-refractivity contribution < 1.29 is 19.4 Å². The molecule has 7 nitrogen and oxygen atoms in total. The topological polar surface area (TPSA) is 90.9 Å². The van der Waals surface area contributed by atoms with Gasteiger partial charge in [-0.3, -0.25) is 9.59 Å².